The molecule has 0 saturated carbocycles. The second-order valence-electron chi connectivity index (χ2n) is 6.27. The maximum Gasteiger partial charge on any atom is 0.257 e. The number of carbonyl (C=O) groups is 1. The number of benzene rings is 1. The lowest BCUT2D eigenvalue weighted by atomic mass is 10.1. The molecule has 0 spiro atoms. The summed E-state index contributed by atoms with van der Waals surface area (Å²) in [5.41, 5.74) is 2.59. The molecule has 3 aromatic rings. The first-order valence-electron chi connectivity index (χ1n) is 8.68. The Hall–Kier alpha value is -3.15. The molecule has 0 aliphatic carbocycles. The second-order valence-corrected chi connectivity index (χ2v) is 6.27. The van der Waals surface area contributed by atoms with Crippen LogP contribution in [0.1, 0.15) is 33.3 Å². The number of anilines is 1. The van der Waals surface area contributed by atoms with Crippen LogP contribution in [0.3, 0.4) is 0 Å². The Balaban J connectivity index is 1.52. The highest BCUT2D eigenvalue weighted by atomic mass is 16.4. The Morgan fingerprint density at radius 2 is 2.08 bits per heavy atom. The summed E-state index contributed by atoms with van der Waals surface area (Å²) in [6.45, 7) is 1.08. The summed E-state index contributed by atoms with van der Waals surface area (Å²) in [7, 11) is 1.76. The van der Waals surface area contributed by atoms with Crippen molar-refractivity contribution in [3.63, 3.8) is 0 Å². The van der Waals surface area contributed by atoms with Crippen molar-refractivity contribution in [2.24, 2.45) is 0 Å². The molecule has 1 amide bonds. The van der Waals surface area contributed by atoms with E-state index >= 15 is 0 Å². The quantitative estimate of drug-likeness (QED) is 0.785. The van der Waals surface area contributed by atoms with Gasteiger partial charge in [-0.05, 0) is 17.7 Å². The Morgan fingerprint density at radius 3 is 2.88 bits per heavy atom. The minimum absolute atomic E-state index is 0.0410. The van der Waals surface area contributed by atoms with Crippen molar-refractivity contribution in [1.82, 2.24) is 14.9 Å². The molecule has 0 unspecified atom stereocenters. The second kappa shape index (κ2) is 7.00. The van der Waals surface area contributed by atoms with Gasteiger partial charge in [-0.15, -0.1) is 0 Å². The highest BCUT2D eigenvalue weighted by Gasteiger charge is 2.27. The fraction of sp³-hybridized carbons (Fsp3) is 0.250. The molecule has 1 aliphatic rings. The van der Waals surface area contributed by atoms with Gasteiger partial charge in [0.2, 0.25) is 0 Å². The molecular formula is C20H20N4O2. The molecule has 3 heterocycles. The molecule has 2 aromatic heterocycles. The molecule has 0 bridgehead atoms. The highest BCUT2D eigenvalue weighted by Crippen LogP contribution is 2.24. The van der Waals surface area contributed by atoms with E-state index in [-0.39, 0.29) is 5.91 Å². The zero-order valence-corrected chi connectivity index (χ0v) is 14.6. The summed E-state index contributed by atoms with van der Waals surface area (Å²) in [5, 5.41) is 2.97. The molecule has 0 saturated heterocycles. The van der Waals surface area contributed by atoms with Gasteiger partial charge in [0.25, 0.3) is 5.91 Å². The predicted octanol–water partition coefficient (Wildman–Crippen LogP) is 2.90. The van der Waals surface area contributed by atoms with E-state index in [1.54, 1.807) is 30.3 Å². The summed E-state index contributed by atoms with van der Waals surface area (Å²) < 4.78 is 5.91. The van der Waals surface area contributed by atoms with E-state index in [4.69, 9.17) is 4.42 Å². The van der Waals surface area contributed by atoms with Gasteiger partial charge < -0.3 is 14.6 Å². The van der Waals surface area contributed by atoms with Crippen molar-refractivity contribution < 1.29 is 9.21 Å². The van der Waals surface area contributed by atoms with Crippen molar-refractivity contribution in [2.75, 3.05) is 18.9 Å². The van der Waals surface area contributed by atoms with Crippen LogP contribution in [0.5, 0.6) is 0 Å². The molecular weight excluding hydrogens is 328 g/mol. The lowest BCUT2D eigenvalue weighted by Gasteiger charge is -2.25. The predicted molar refractivity (Wildman–Crippen MR) is 98.0 cm³/mol. The maximum absolute atomic E-state index is 12.9. The summed E-state index contributed by atoms with van der Waals surface area (Å²) in [5.74, 6) is 2.14. The van der Waals surface area contributed by atoms with E-state index in [0.717, 1.165) is 17.0 Å². The van der Waals surface area contributed by atoms with Crippen LogP contribution in [0, 0.1) is 0 Å². The Bertz CT molecular complexity index is 921. The molecule has 4 rings (SSSR count). The molecule has 1 aromatic carbocycles. The molecule has 1 aliphatic heterocycles. The molecule has 26 heavy (non-hydrogen) atoms. The average Bonchev–Trinajstić information content (AvgIpc) is 3.09. The van der Waals surface area contributed by atoms with E-state index in [2.05, 4.69) is 27.4 Å². The van der Waals surface area contributed by atoms with Crippen LogP contribution in [0.25, 0.3) is 0 Å². The Morgan fingerprint density at radius 1 is 1.23 bits per heavy atom. The van der Waals surface area contributed by atoms with Crippen LogP contribution in [-0.4, -0.2) is 34.4 Å². The zero-order valence-electron chi connectivity index (χ0n) is 14.6. The van der Waals surface area contributed by atoms with Crippen molar-refractivity contribution in [3.05, 3.63) is 77.1 Å². The van der Waals surface area contributed by atoms with Crippen LogP contribution >= 0.6 is 0 Å². The normalized spacial score (nSPS) is 13.3. The van der Waals surface area contributed by atoms with E-state index in [9.17, 15) is 4.79 Å². The maximum atomic E-state index is 12.9. The van der Waals surface area contributed by atoms with Gasteiger partial charge in [-0.25, -0.2) is 9.97 Å². The third-order valence-electron chi connectivity index (χ3n) is 4.53. The number of amides is 1. The van der Waals surface area contributed by atoms with Gasteiger partial charge in [-0.2, -0.15) is 0 Å². The smallest absolute Gasteiger partial charge is 0.257 e. The SMILES string of the molecule is CNc1ncccc1C(=O)N1CCc2oc(Cc3ccccc3)nc2C1. The standard InChI is InChI=1S/C20H20N4O2/c1-21-19-15(8-5-10-22-19)20(25)24-11-9-17-16(13-24)23-18(26-17)12-14-6-3-2-4-7-14/h2-8,10H,9,11-13H2,1H3,(H,21,22). The largest absolute Gasteiger partial charge is 0.445 e. The summed E-state index contributed by atoms with van der Waals surface area (Å²) in [4.78, 5) is 23.5. The van der Waals surface area contributed by atoms with Gasteiger partial charge in [0.15, 0.2) is 5.89 Å². The van der Waals surface area contributed by atoms with E-state index < -0.39 is 0 Å². The highest BCUT2D eigenvalue weighted by molar-refractivity contribution is 5.98. The monoisotopic (exact) mass is 348 g/mol. The minimum Gasteiger partial charge on any atom is -0.445 e. The number of carbonyl (C=O) groups excluding carboxylic acids is 1. The minimum atomic E-state index is -0.0410. The average molecular weight is 348 g/mol. The number of rotatable bonds is 4. The molecule has 6 heteroatoms. The van der Waals surface area contributed by atoms with Gasteiger partial charge >= 0.3 is 0 Å². The lowest BCUT2D eigenvalue weighted by molar-refractivity contribution is 0.0728. The molecule has 0 atom stereocenters. The third-order valence-corrected chi connectivity index (χ3v) is 4.53. The van der Waals surface area contributed by atoms with Crippen LogP contribution in [0.4, 0.5) is 5.82 Å². The van der Waals surface area contributed by atoms with Gasteiger partial charge in [0.05, 0.1) is 12.1 Å². The molecule has 0 fully saturated rings. The van der Waals surface area contributed by atoms with Crippen LogP contribution in [0.2, 0.25) is 0 Å². The first-order valence-corrected chi connectivity index (χ1v) is 8.68. The molecule has 132 valence electrons. The van der Waals surface area contributed by atoms with Gasteiger partial charge in [-0.3, -0.25) is 4.79 Å². The number of nitrogens with zero attached hydrogens (tertiary/aromatic N) is 3. The topological polar surface area (TPSA) is 71.3 Å². The summed E-state index contributed by atoms with van der Waals surface area (Å²) >= 11 is 0. The molecule has 0 radical (unpaired) electrons. The van der Waals surface area contributed by atoms with Crippen molar-refractivity contribution in [3.8, 4) is 0 Å². The summed E-state index contributed by atoms with van der Waals surface area (Å²) in [6.07, 6.45) is 3.01. The first kappa shape index (κ1) is 16.3. The number of aromatic nitrogens is 2. The van der Waals surface area contributed by atoms with E-state index in [0.29, 0.717) is 43.2 Å². The first-order chi connectivity index (χ1) is 12.7. The third kappa shape index (κ3) is 3.18. The number of oxazole rings is 1. The van der Waals surface area contributed by atoms with Crippen LogP contribution in [-0.2, 0) is 19.4 Å². The van der Waals surface area contributed by atoms with E-state index in [1.165, 1.54) is 0 Å². The van der Waals surface area contributed by atoms with Gasteiger partial charge in [-0.1, -0.05) is 30.3 Å². The van der Waals surface area contributed by atoms with Crippen molar-refractivity contribution in [1.29, 1.82) is 0 Å². The van der Waals surface area contributed by atoms with Crippen LogP contribution in [0.15, 0.2) is 53.1 Å². The number of hydrogen-bond acceptors (Lipinski definition) is 5. The number of fused-ring (bicyclic) bond motifs is 1. The molecule has 6 nitrogen and oxygen atoms in total. The Kier molecular flexibility index (Phi) is 4.39. The fourth-order valence-electron chi connectivity index (χ4n) is 3.22. The van der Waals surface area contributed by atoms with Gasteiger partial charge in [0.1, 0.15) is 17.3 Å². The van der Waals surface area contributed by atoms with Crippen molar-refractivity contribution in [2.45, 2.75) is 19.4 Å². The number of pyridine rings is 1. The Labute approximate surface area is 151 Å². The van der Waals surface area contributed by atoms with E-state index in [1.807, 2.05) is 18.2 Å². The number of hydrogen-bond donors (Lipinski definition) is 1. The molecule has 1 N–H and O–H groups in total. The summed E-state index contributed by atoms with van der Waals surface area (Å²) in [6, 6.07) is 13.7. The van der Waals surface area contributed by atoms with Gasteiger partial charge in [0, 0.05) is 32.6 Å². The zero-order chi connectivity index (χ0) is 17.9. The fourth-order valence-corrected chi connectivity index (χ4v) is 3.22. The number of nitrogens with one attached hydrogen (secondary N) is 1. The van der Waals surface area contributed by atoms with Crippen LogP contribution < -0.4 is 5.32 Å². The van der Waals surface area contributed by atoms with Crippen molar-refractivity contribution >= 4 is 11.7 Å². The lowest BCUT2D eigenvalue weighted by Crippen LogP contribution is -2.36.